The largest absolute Gasteiger partial charge is 0.486 e. The van der Waals surface area contributed by atoms with Gasteiger partial charge in [0.2, 0.25) is 6.23 Å². The first-order valence-corrected chi connectivity index (χ1v) is 10.9. The van der Waals surface area contributed by atoms with Gasteiger partial charge in [0.1, 0.15) is 19.0 Å². The molecule has 3 aromatic rings. The molecule has 0 aliphatic carbocycles. The van der Waals surface area contributed by atoms with Gasteiger partial charge in [-0.3, -0.25) is 0 Å². The molecule has 0 saturated heterocycles. The van der Waals surface area contributed by atoms with E-state index in [2.05, 4.69) is 6.07 Å². The average molecular weight is 453 g/mol. The number of benzene rings is 3. The summed E-state index contributed by atoms with van der Waals surface area (Å²) in [7, 11) is 0. The molecule has 0 N–H and O–H groups in total. The molecule has 0 fully saturated rings. The van der Waals surface area contributed by atoms with Crippen LogP contribution in [0.2, 0.25) is 10.0 Å². The van der Waals surface area contributed by atoms with Gasteiger partial charge in [0.25, 0.3) is 0 Å². The van der Waals surface area contributed by atoms with Crippen molar-refractivity contribution in [2.45, 2.75) is 18.7 Å². The Hall–Kier alpha value is -2.89. The van der Waals surface area contributed by atoms with Gasteiger partial charge in [0.05, 0.1) is 16.8 Å². The minimum Gasteiger partial charge on any atom is -0.486 e. The van der Waals surface area contributed by atoms with Gasteiger partial charge in [-0.2, -0.15) is 5.10 Å². The van der Waals surface area contributed by atoms with E-state index in [-0.39, 0.29) is 6.04 Å². The number of ether oxygens (including phenoxy) is 3. The predicted octanol–water partition coefficient (Wildman–Crippen LogP) is 6.01. The summed E-state index contributed by atoms with van der Waals surface area (Å²) in [5.41, 5.74) is 3.92. The van der Waals surface area contributed by atoms with Crippen LogP contribution >= 0.6 is 23.2 Å². The second-order valence-corrected chi connectivity index (χ2v) is 8.52. The van der Waals surface area contributed by atoms with Crippen LogP contribution in [0.3, 0.4) is 0 Å². The molecule has 0 amide bonds. The normalized spacial score (nSPS) is 21.1. The van der Waals surface area contributed by atoms with Crippen LogP contribution in [0.15, 0.2) is 65.8 Å². The van der Waals surface area contributed by atoms with E-state index in [9.17, 15) is 0 Å². The lowest BCUT2D eigenvalue weighted by atomic mass is 9.95. The number of nitrogens with zero attached hydrogens (tertiary/aromatic N) is 2. The van der Waals surface area contributed by atoms with Crippen molar-refractivity contribution in [2.75, 3.05) is 13.2 Å². The van der Waals surface area contributed by atoms with Crippen molar-refractivity contribution >= 4 is 28.9 Å². The summed E-state index contributed by atoms with van der Waals surface area (Å²) in [5, 5.41) is 8.13. The number of halogens is 2. The Labute approximate surface area is 189 Å². The monoisotopic (exact) mass is 452 g/mol. The molecule has 0 bridgehead atoms. The topological polar surface area (TPSA) is 43.3 Å². The number of hydrogen-bond donors (Lipinski definition) is 0. The van der Waals surface area contributed by atoms with Crippen LogP contribution in [0.5, 0.6) is 17.2 Å². The fraction of sp³-hybridized carbons (Fsp3) is 0.208. The van der Waals surface area contributed by atoms with E-state index in [0.29, 0.717) is 23.3 Å². The Morgan fingerprint density at radius 2 is 1.68 bits per heavy atom. The number of rotatable bonds is 2. The Morgan fingerprint density at radius 3 is 2.55 bits per heavy atom. The van der Waals surface area contributed by atoms with E-state index in [1.165, 1.54) is 0 Å². The van der Waals surface area contributed by atoms with Gasteiger partial charge in [-0.05, 0) is 36.4 Å². The highest BCUT2D eigenvalue weighted by Gasteiger charge is 2.41. The molecule has 3 heterocycles. The van der Waals surface area contributed by atoms with Crippen LogP contribution in [0.4, 0.5) is 0 Å². The van der Waals surface area contributed by atoms with E-state index in [4.69, 9.17) is 42.5 Å². The molecule has 2 atom stereocenters. The van der Waals surface area contributed by atoms with Crippen LogP contribution < -0.4 is 14.2 Å². The molecule has 3 aromatic carbocycles. The second kappa shape index (κ2) is 7.36. The summed E-state index contributed by atoms with van der Waals surface area (Å²) >= 11 is 12.7. The maximum Gasteiger partial charge on any atom is 0.215 e. The van der Waals surface area contributed by atoms with Crippen molar-refractivity contribution in [3.63, 3.8) is 0 Å². The van der Waals surface area contributed by atoms with Gasteiger partial charge in [0.15, 0.2) is 11.5 Å². The summed E-state index contributed by atoms with van der Waals surface area (Å²) in [6.07, 6.45) is 0.307. The van der Waals surface area contributed by atoms with Crippen molar-refractivity contribution in [3.05, 3.63) is 87.4 Å². The highest BCUT2D eigenvalue weighted by molar-refractivity contribution is 6.35. The zero-order valence-electron chi connectivity index (χ0n) is 16.4. The fourth-order valence-corrected chi connectivity index (χ4v) is 4.84. The molecule has 5 nitrogen and oxygen atoms in total. The van der Waals surface area contributed by atoms with E-state index < -0.39 is 6.23 Å². The average Bonchev–Trinajstić information content (AvgIpc) is 3.24. The lowest BCUT2D eigenvalue weighted by Crippen LogP contribution is -2.33. The SMILES string of the molecule is Clc1ccc([C@@H]2Oc3ccccc3[C@H]3CC(c4ccc5c(c4)OCCO5)=NN32)c(Cl)c1. The summed E-state index contributed by atoms with van der Waals surface area (Å²) in [4.78, 5) is 0. The van der Waals surface area contributed by atoms with Crippen LogP contribution in [-0.2, 0) is 0 Å². The van der Waals surface area contributed by atoms with E-state index in [0.717, 1.165) is 46.1 Å². The maximum absolute atomic E-state index is 6.54. The van der Waals surface area contributed by atoms with Crippen LogP contribution in [-0.4, -0.2) is 23.9 Å². The van der Waals surface area contributed by atoms with Gasteiger partial charge in [-0.15, -0.1) is 0 Å². The van der Waals surface area contributed by atoms with Crippen LogP contribution in [0.1, 0.15) is 35.4 Å². The van der Waals surface area contributed by atoms with Gasteiger partial charge >= 0.3 is 0 Å². The Kier molecular flexibility index (Phi) is 4.47. The molecular weight excluding hydrogens is 435 g/mol. The van der Waals surface area contributed by atoms with Crippen molar-refractivity contribution < 1.29 is 14.2 Å². The smallest absolute Gasteiger partial charge is 0.215 e. The van der Waals surface area contributed by atoms with Crippen molar-refractivity contribution in [1.82, 2.24) is 5.01 Å². The van der Waals surface area contributed by atoms with Crippen LogP contribution in [0.25, 0.3) is 0 Å². The fourth-order valence-electron chi connectivity index (χ4n) is 4.34. The molecule has 3 aliphatic rings. The second-order valence-electron chi connectivity index (χ2n) is 7.68. The molecular formula is C24H18Cl2N2O3. The van der Waals surface area contributed by atoms with Gasteiger partial charge in [0, 0.05) is 28.1 Å². The third-order valence-corrected chi connectivity index (χ3v) is 6.37. The number of hydrazone groups is 1. The molecule has 7 heteroatoms. The third-order valence-electron chi connectivity index (χ3n) is 5.80. The van der Waals surface area contributed by atoms with Gasteiger partial charge < -0.3 is 14.2 Å². The van der Waals surface area contributed by atoms with Gasteiger partial charge in [-0.25, -0.2) is 5.01 Å². The number of hydrogen-bond acceptors (Lipinski definition) is 5. The number of para-hydroxylation sites is 1. The van der Waals surface area contributed by atoms with Crippen molar-refractivity contribution in [2.24, 2.45) is 5.10 Å². The highest BCUT2D eigenvalue weighted by Crippen LogP contribution is 2.48. The zero-order chi connectivity index (χ0) is 20.9. The molecule has 0 aromatic heterocycles. The molecule has 156 valence electrons. The summed E-state index contributed by atoms with van der Waals surface area (Å²) < 4.78 is 17.8. The van der Waals surface area contributed by atoms with Crippen LogP contribution in [0, 0.1) is 0 Å². The van der Waals surface area contributed by atoms with Gasteiger partial charge in [-0.1, -0.05) is 47.5 Å². The van der Waals surface area contributed by atoms with Crippen molar-refractivity contribution in [1.29, 1.82) is 0 Å². The van der Waals surface area contributed by atoms with E-state index in [1.807, 2.05) is 53.5 Å². The minimum atomic E-state index is -0.445. The predicted molar refractivity (Wildman–Crippen MR) is 119 cm³/mol. The van der Waals surface area contributed by atoms with E-state index >= 15 is 0 Å². The third kappa shape index (κ3) is 3.20. The summed E-state index contributed by atoms with van der Waals surface area (Å²) in [6.45, 7) is 1.12. The summed E-state index contributed by atoms with van der Waals surface area (Å²) in [6, 6.07) is 19.6. The molecule has 6 rings (SSSR count). The number of fused-ring (bicyclic) bond motifs is 4. The standard InChI is InChI=1S/C24H18Cl2N2O3/c25-15-6-7-16(18(26)12-15)24-28-20(17-3-1-2-4-21(17)31-24)13-19(27-28)14-5-8-22-23(11-14)30-10-9-29-22/h1-8,11-12,20,24H,9-10,13H2/t20-,24+/m1/s1. The minimum absolute atomic E-state index is 0.0462. The summed E-state index contributed by atoms with van der Waals surface area (Å²) in [5.74, 6) is 2.37. The van der Waals surface area contributed by atoms with E-state index in [1.54, 1.807) is 6.07 Å². The first-order chi connectivity index (χ1) is 15.2. The lowest BCUT2D eigenvalue weighted by Gasteiger charge is -2.38. The Balaban J connectivity index is 1.43. The quantitative estimate of drug-likeness (QED) is 0.477. The molecule has 31 heavy (non-hydrogen) atoms. The molecule has 3 aliphatic heterocycles. The highest BCUT2D eigenvalue weighted by atomic mass is 35.5. The molecule has 0 radical (unpaired) electrons. The zero-order valence-corrected chi connectivity index (χ0v) is 17.9. The maximum atomic E-state index is 6.54. The lowest BCUT2D eigenvalue weighted by molar-refractivity contribution is -0.0189. The molecule has 0 unspecified atom stereocenters. The first kappa shape index (κ1) is 18.8. The first-order valence-electron chi connectivity index (χ1n) is 10.1. The Bertz CT molecular complexity index is 1210. The Morgan fingerprint density at radius 1 is 0.839 bits per heavy atom. The molecule has 0 spiro atoms. The van der Waals surface area contributed by atoms with Crippen molar-refractivity contribution in [3.8, 4) is 17.2 Å². The molecule has 0 saturated carbocycles.